The van der Waals surface area contributed by atoms with Crippen molar-refractivity contribution >= 4 is 23.8 Å². The van der Waals surface area contributed by atoms with Crippen LogP contribution in [0.1, 0.15) is 58.4 Å². The highest BCUT2D eigenvalue weighted by molar-refractivity contribution is 6.36. The number of rotatable bonds is 7. The number of hydrogen-bond acceptors (Lipinski definition) is 6. The van der Waals surface area contributed by atoms with Gasteiger partial charge in [0.2, 0.25) is 5.91 Å². The van der Waals surface area contributed by atoms with Crippen molar-refractivity contribution in [2.24, 2.45) is 0 Å². The van der Waals surface area contributed by atoms with Gasteiger partial charge in [-0.2, -0.15) is 0 Å². The average molecular weight is 433 g/mol. The average Bonchev–Trinajstić information content (AvgIpc) is 3.17. The number of nitrogens with one attached hydrogen (secondary N) is 1. The fraction of sp³-hybridized carbons (Fsp3) is 0.565. The van der Waals surface area contributed by atoms with Crippen LogP contribution in [0.5, 0.6) is 0 Å². The summed E-state index contributed by atoms with van der Waals surface area (Å²) in [4.78, 5) is 51.4. The van der Waals surface area contributed by atoms with Crippen LogP contribution in [-0.2, 0) is 23.9 Å². The van der Waals surface area contributed by atoms with Crippen LogP contribution in [-0.4, -0.2) is 60.0 Å². The molecule has 1 aliphatic rings. The van der Waals surface area contributed by atoms with E-state index < -0.39 is 41.4 Å². The second-order valence-electron chi connectivity index (χ2n) is 8.70. The molecule has 2 unspecified atom stereocenters. The molecule has 170 valence electrons. The Morgan fingerprint density at radius 3 is 2.35 bits per heavy atom. The minimum Gasteiger partial charge on any atom is -0.463 e. The summed E-state index contributed by atoms with van der Waals surface area (Å²) in [6.07, 6.45) is 0.680. The van der Waals surface area contributed by atoms with E-state index in [2.05, 4.69) is 10.1 Å². The second-order valence-corrected chi connectivity index (χ2v) is 8.70. The number of amides is 2. The van der Waals surface area contributed by atoms with Crippen LogP contribution in [0, 0.1) is 0 Å². The SMILES string of the molecule is CCCC(NC(=O)[C@@H]1CC(c2ccccc2)CN1C(=O)OC(C)(C)C)C(=O)C(=O)OC. The van der Waals surface area contributed by atoms with Gasteiger partial charge in [-0.1, -0.05) is 43.7 Å². The molecule has 0 spiro atoms. The van der Waals surface area contributed by atoms with Gasteiger partial charge in [0.25, 0.3) is 5.78 Å². The van der Waals surface area contributed by atoms with E-state index in [0.29, 0.717) is 25.8 Å². The van der Waals surface area contributed by atoms with Gasteiger partial charge in [-0.25, -0.2) is 9.59 Å². The maximum atomic E-state index is 13.1. The van der Waals surface area contributed by atoms with E-state index in [-0.39, 0.29) is 5.92 Å². The molecule has 1 aromatic carbocycles. The van der Waals surface area contributed by atoms with Gasteiger partial charge < -0.3 is 14.8 Å². The lowest BCUT2D eigenvalue weighted by Crippen LogP contribution is -2.52. The first-order chi connectivity index (χ1) is 14.6. The van der Waals surface area contributed by atoms with E-state index >= 15 is 0 Å². The van der Waals surface area contributed by atoms with Crippen LogP contribution in [0.25, 0.3) is 0 Å². The summed E-state index contributed by atoms with van der Waals surface area (Å²) < 4.78 is 10.0. The fourth-order valence-corrected chi connectivity index (χ4v) is 3.64. The Labute approximate surface area is 183 Å². The molecule has 0 radical (unpaired) electrons. The van der Waals surface area contributed by atoms with Gasteiger partial charge in [-0.3, -0.25) is 14.5 Å². The zero-order chi connectivity index (χ0) is 23.2. The topological polar surface area (TPSA) is 102 Å². The van der Waals surface area contributed by atoms with Gasteiger partial charge in [0.05, 0.1) is 13.2 Å². The van der Waals surface area contributed by atoms with E-state index in [1.165, 1.54) is 4.90 Å². The lowest BCUT2D eigenvalue weighted by molar-refractivity contribution is -0.153. The van der Waals surface area contributed by atoms with Gasteiger partial charge in [0.15, 0.2) is 0 Å². The third-order valence-electron chi connectivity index (χ3n) is 5.10. The number of hydrogen-bond donors (Lipinski definition) is 1. The van der Waals surface area contributed by atoms with Gasteiger partial charge in [0.1, 0.15) is 11.6 Å². The summed E-state index contributed by atoms with van der Waals surface area (Å²) in [6.45, 7) is 7.45. The molecule has 2 rings (SSSR count). The zero-order valence-electron chi connectivity index (χ0n) is 18.8. The third-order valence-corrected chi connectivity index (χ3v) is 5.10. The minimum absolute atomic E-state index is 0.0506. The maximum absolute atomic E-state index is 13.1. The molecule has 8 nitrogen and oxygen atoms in total. The van der Waals surface area contributed by atoms with Crippen LogP contribution in [0.3, 0.4) is 0 Å². The number of Topliss-reactive ketones (excluding diaryl/α,β-unsaturated/α-hetero) is 1. The highest BCUT2D eigenvalue weighted by Crippen LogP contribution is 2.33. The summed E-state index contributed by atoms with van der Waals surface area (Å²) in [6, 6.07) is 7.82. The zero-order valence-corrected chi connectivity index (χ0v) is 18.8. The van der Waals surface area contributed by atoms with Crippen molar-refractivity contribution in [3.8, 4) is 0 Å². The summed E-state index contributed by atoms with van der Waals surface area (Å²) in [5.41, 5.74) is 0.302. The first-order valence-corrected chi connectivity index (χ1v) is 10.5. The van der Waals surface area contributed by atoms with E-state index in [0.717, 1.165) is 12.7 Å². The fourth-order valence-electron chi connectivity index (χ4n) is 3.64. The summed E-state index contributed by atoms with van der Waals surface area (Å²) in [5, 5.41) is 2.66. The first kappa shape index (κ1) is 24.4. The number of carbonyl (C=O) groups excluding carboxylic acids is 4. The lowest BCUT2D eigenvalue weighted by Gasteiger charge is -2.28. The molecule has 1 fully saturated rings. The monoisotopic (exact) mass is 432 g/mol. The molecule has 1 aromatic rings. The largest absolute Gasteiger partial charge is 0.463 e. The summed E-state index contributed by atoms with van der Waals surface area (Å²) >= 11 is 0. The minimum atomic E-state index is -1.00. The predicted octanol–water partition coefficient (Wildman–Crippen LogP) is 2.81. The van der Waals surface area contributed by atoms with Gasteiger partial charge in [-0.05, 0) is 39.2 Å². The summed E-state index contributed by atoms with van der Waals surface area (Å²) in [5.74, 6) is -2.35. The molecule has 2 amide bonds. The molecular formula is C23H32N2O6. The van der Waals surface area contributed by atoms with Crippen LogP contribution < -0.4 is 5.32 Å². The van der Waals surface area contributed by atoms with Crippen molar-refractivity contribution in [2.45, 2.75) is 70.6 Å². The molecule has 0 saturated carbocycles. The maximum Gasteiger partial charge on any atom is 0.410 e. The number of ketones is 1. The molecule has 0 aliphatic carbocycles. The van der Waals surface area contributed by atoms with E-state index in [1.54, 1.807) is 20.8 Å². The van der Waals surface area contributed by atoms with Gasteiger partial charge >= 0.3 is 12.1 Å². The number of esters is 1. The number of nitrogens with zero attached hydrogens (tertiary/aromatic N) is 1. The molecule has 1 aliphatic heterocycles. The van der Waals surface area contributed by atoms with Crippen molar-refractivity contribution in [2.75, 3.05) is 13.7 Å². The predicted molar refractivity (Wildman–Crippen MR) is 114 cm³/mol. The Kier molecular flexibility index (Phi) is 8.19. The quantitative estimate of drug-likeness (QED) is 0.525. The van der Waals surface area contributed by atoms with Crippen molar-refractivity contribution in [1.82, 2.24) is 10.2 Å². The second kappa shape index (κ2) is 10.4. The standard InChI is InChI=1S/C23H32N2O6/c1-6-10-17(19(26)21(28)30-5)24-20(27)18-13-16(15-11-8-7-9-12-15)14-25(18)22(29)31-23(2,3)4/h7-9,11-12,16-18H,6,10,13-14H2,1-5H3,(H,24,27)/t16?,17?,18-/m0/s1. The molecular weight excluding hydrogens is 400 g/mol. The van der Waals surface area contributed by atoms with E-state index in [9.17, 15) is 19.2 Å². The van der Waals surface area contributed by atoms with Crippen LogP contribution in [0.2, 0.25) is 0 Å². The number of carbonyl (C=O) groups is 4. The lowest BCUT2D eigenvalue weighted by atomic mass is 9.96. The van der Waals surface area contributed by atoms with Crippen molar-refractivity contribution in [1.29, 1.82) is 0 Å². The van der Waals surface area contributed by atoms with Crippen molar-refractivity contribution in [3.05, 3.63) is 35.9 Å². The smallest absolute Gasteiger partial charge is 0.410 e. The van der Waals surface area contributed by atoms with Crippen molar-refractivity contribution in [3.63, 3.8) is 0 Å². The Bertz CT molecular complexity index is 802. The molecule has 31 heavy (non-hydrogen) atoms. The first-order valence-electron chi connectivity index (χ1n) is 10.5. The Morgan fingerprint density at radius 2 is 1.81 bits per heavy atom. The Hall–Kier alpha value is -2.90. The van der Waals surface area contributed by atoms with Crippen molar-refractivity contribution < 1.29 is 28.7 Å². The molecule has 1 heterocycles. The van der Waals surface area contributed by atoms with Crippen LogP contribution >= 0.6 is 0 Å². The Morgan fingerprint density at radius 1 is 1.16 bits per heavy atom. The number of ether oxygens (including phenoxy) is 2. The van der Waals surface area contributed by atoms with Crippen LogP contribution in [0.4, 0.5) is 4.79 Å². The highest BCUT2D eigenvalue weighted by Gasteiger charge is 2.43. The molecule has 0 bridgehead atoms. The molecule has 1 saturated heterocycles. The molecule has 8 heteroatoms. The van der Waals surface area contributed by atoms with E-state index in [1.807, 2.05) is 37.3 Å². The van der Waals surface area contributed by atoms with Gasteiger partial charge in [0, 0.05) is 12.5 Å². The Balaban J connectivity index is 2.24. The molecule has 1 N–H and O–H groups in total. The number of benzene rings is 1. The molecule has 0 aromatic heterocycles. The molecule has 3 atom stereocenters. The third kappa shape index (κ3) is 6.54. The van der Waals surface area contributed by atoms with E-state index in [4.69, 9.17) is 4.74 Å². The van der Waals surface area contributed by atoms with Gasteiger partial charge in [-0.15, -0.1) is 0 Å². The number of methoxy groups -OCH3 is 1. The summed E-state index contributed by atoms with van der Waals surface area (Å²) in [7, 11) is 1.12. The van der Waals surface area contributed by atoms with Crippen LogP contribution in [0.15, 0.2) is 30.3 Å². The number of likely N-dealkylation sites (tertiary alicyclic amines) is 1. The normalized spacial score (nSPS) is 19.5. The highest BCUT2D eigenvalue weighted by atomic mass is 16.6.